The summed E-state index contributed by atoms with van der Waals surface area (Å²) < 4.78 is 2.00. The summed E-state index contributed by atoms with van der Waals surface area (Å²) >= 11 is 0. The standard InChI is InChI=1S/C13H10NO/c1-14-8-4-7-11-12(14)9-5-2-3-6-10(9)13(11)15/h2-8H,1H3/q+1. The van der Waals surface area contributed by atoms with E-state index >= 15 is 0 Å². The van der Waals surface area contributed by atoms with E-state index in [1.165, 1.54) is 0 Å². The second kappa shape index (κ2) is 2.76. The molecule has 1 aromatic heterocycles. The number of benzene rings is 1. The van der Waals surface area contributed by atoms with Gasteiger partial charge in [-0.15, -0.1) is 0 Å². The number of carbonyl (C=O) groups is 1. The minimum atomic E-state index is 0.136. The Bertz CT molecular complexity index is 572. The van der Waals surface area contributed by atoms with Crippen LogP contribution in [0.5, 0.6) is 0 Å². The highest BCUT2D eigenvalue weighted by Gasteiger charge is 2.32. The lowest BCUT2D eigenvalue weighted by Crippen LogP contribution is -2.30. The van der Waals surface area contributed by atoms with Crippen LogP contribution in [0.25, 0.3) is 11.3 Å². The van der Waals surface area contributed by atoms with Crippen LogP contribution in [0.2, 0.25) is 0 Å². The first kappa shape index (κ1) is 8.36. The summed E-state index contributed by atoms with van der Waals surface area (Å²) in [4.78, 5) is 12.0. The van der Waals surface area contributed by atoms with Crippen LogP contribution in [-0.2, 0) is 7.05 Å². The lowest BCUT2D eigenvalue weighted by molar-refractivity contribution is -0.660. The molecule has 2 aromatic rings. The average Bonchev–Trinajstić information content (AvgIpc) is 2.55. The summed E-state index contributed by atoms with van der Waals surface area (Å²) in [7, 11) is 1.97. The Hall–Kier alpha value is -1.96. The zero-order valence-electron chi connectivity index (χ0n) is 8.40. The largest absolute Gasteiger partial charge is 0.288 e. The summed E-state index contributed by atoms with van der Waals surface area (Å²) in [6.45, 7) is 0. The Morgan fingerprint density at radius 2 is 1.60 bits per heavy atom. The number of fused-ring (bicyclic) bond motifs is 3. The molecule has 1 heterocycles. The summed E-state index contributed by atoms with van der Waals surface area (Å²) in [6.07, 6.45) is 1.97. The monoisotopic (exact) mass is 196 g/mol. The first-order chi connectivity index (χ1) is 7.29. The molecule has 0 N–H and O–H groups in total. The fraction of sp³-hybridized carbons (Fsp3) is 0.0769. The first-order valence-electron chi connectivity index (χ1n) is 4.92. The van der Waals surface area contributed by atoms with Crippen molar-refractivity contribution in [1.82, 2.24) is 0 Å². The lowest BCUT2D eigenvalue weighted by Gasteiger charge is -1.96. The highest BCUT2D eigenvalue weighted by atomic mass is 16.1. The number of carbonyl (C=O) groups excluding carboxylic acids is 1. The lowest BCUT2D eigenvalue weighted by atomic mass is 10.1. The van der Waals surface area contributed by atoms with Crippen LogP contribution in [0.3, 0.4) is 0 Å². The van der Waals surface area contributed by atoms with Crippen molar-refractivity contribution in [3.8, 4) is 11.3 Å². The van der Waals surface area contributed by atoms with Crippen molar-refractivity contribution in [1.29, 1.82) is 0 Å². The highest BCUT2D eigenvalue weighted by molar-refractivity contribution is 6.20. The van der Waals surface area contributed by atoms with E-state index in [0.29, 0.717) is 0 Å². The molecule has 1 aromatic carbocycles. The van der Waals surface area contributed by atoms with Crippen molar-refractivity contribution < 1.29 is 9.36 Å². The van der Waals surface area contributed by atoms with Gasteiger partial charge in [0.25, 0.3) is 0 Å². The summed E-state index contributed by atoms with van der Waals surface area (Å²) in [6, 6.07) is 11.5. The number of pyridine rings is 1. The second-order valence-electron chi connectivity index (χ2n) is 3.76. The molecule has 0 unspecified atom stereocenters. The number of nitrogens with zero attached hydrogens (tertiary/aromatic N) is 1. The van der Waals surface area contributed by atoms with E-state index in [2.05, 4.69) is 0 Å². The number of aryl methyl sites for hydroxylation is 1. The normalized spacial score (nSPS) is 12.5. The molecule has 0 saturated carbocycles. The number of rotatable bonds is 0. The van der Waals surface area contributed by atoms with Crippen molar-refractivity contribution in [2.24, 2.45) is 7.05 Å². The van der Waals surface area contributed by atoms with Crippen molar-refractivity contribution in [2.75, 3.05) is 0 Å². The fourth-order valence-corrected chi connectivity index (χ4v) is 2.16. The van der Waals surface area contributed by atoms with Gasteiger partial charge in [0.15, 0.2) is 6.20 Å². The van der Waals surface area contributed by atoms with Crippen LogP contribution in [-0.4, -0.2) is 5.78 Å². The van der Waals surface area contributed by atoms with Crippen LogP contribution >= 0.6 is 0 Å². The fourth-order valence-electron chi connectivity index (χ4n) is 2.16. The van der Waals surface area contributed by atoms with Gasteiger partial charge in [-0.05, 0) is 12.1 Å². The van der Waals surface area contributed by atoms with Gasteiger partial charge in [-0.1, -0.05) is 18.2 Å². The molecular formula is C13H10NO+. The third-order valence-electron chi connectivity index (χ3n) is 2.85. The van der Waals surface area contributed by atoms with E-state index in [4.69, 9.17) is 0 Å². The van der Waals surface area contributed by atoms with Crippen LogP contribution in [0, 0.1) is 0 Å². The van der Waals surface area contributed by atoms with Crippen LogP contribution in [0.15, 0.2) is 42.6 Å². The zero-order chi connectivity index (χ0) is 10.4. The molecule has 3 rings (SSSR count). The molecule has 0 fully saturated rings. The number of hydrogen-bond donors (Lipinski definition) is 0. The van der Waals surface area contributed by atoms with Crippen LogP contribution < -0.4 is 4.57 Å². The molecule has 1 aliphatic carbocycles. The van der Waals surface area contributed by atoms with Gasteiger partial charge < -0.3 is 0 Å². The number of hydrogen-bond acceptors (Lipinski definition) is 1. The minimum absolute atomic E-state index is 0.136. The van der Waals surface area contributed by atoms with Crippen molar-refractivity contribution in [3.05, 3.63) is 53.7 Å². The van der Waals surface area contributed by atoms with E-state index in [9.17, 15) is 4.79 Å². The molecule has 15 heavy (non-hydrogen) atoms. The third-order valence-corrected chi connectivity index (χ3v) is 2.85. The van der Waals surface area contributed by atoms with Crippen LogP contribution in [0.4, 0.5) is 0 Å². The van der Waals surface area contributed by atoms with Gasteiger partial charge in [0, 0.05) is 11.6 Å². The van der Waals surface area contributed by atoms with E-state index in [-0.39, 0.29) is 5.78 Å². The number of aromatic nitrogens is 1. The molecule has 0 atom stereocenters. The molecule has 0 radical (unpaired) electrons. The van der Waals surface area contributed by atoms with Gasteiger partial charge in [0.1, 0.15) is 7.05 Å². The summed E-state index contributed by atoms with van der Waals surface area (Å²) in [5.74, 6) is 0.136. The van der Waals surface area contributed by atoms with E-state index in [0.717, 1.165) is 22.4 Å². The molecule has 2 nitrogen and oxygen atoms in total. The van der Waals surface area contributed by atoms with Gasteiger partial charge in [-0.3, -0.25) is 4.79 Å². The topological polar surface area (TPSA) is 20.9 Å². The van der Waals surface area contributed by atoms with Crippen molar-refractivity contribution in [2.45, 2.75) is 0 Å². The number of ketones is 1. The molecule has 0 bridgehead atoms. The SMILES string of the molecule is C[n+]1cccc2c1-c1ccccc1C2=O. The third kappa shape index (κ3) is 0.988. The van der Waals surface area contributed by atoms with E-state index in [1.54, 1.807) is 0 Å². The average molecular weight is 196 g/mol. The molecule has 2 heteroatoms. The van der Waals surface area contributed by atoms with Gasteiger partial charge >= 0.3 is 0 Å². The van der Waals surface area contributed by atoms with Gasteiger partial charge in [0.2, 0.25) is 11.5 Å². The quantitative estimate of drug-likeness (QED) is 0.501. The Kier molecular flexibility index (Phi) is 1.54. The Labute approximate surface area is 87.8 Å². The Morgan fingerprint density at radius 3 is 2.40 bits per heavy atom. The Morgan fingerprint density at radius 1 is 0.933 bits per heavy atom. The molecule has 0 spiro atoms. The highest BCUT2D eigenvalue weighted by Crippen LogP contribution is 2.32. The van der Waals surface area contributed by atoms with Gasteiger partial charge in [0.05, 0.1) is 11.1 Å². The Balaban J connectivity index is 2.45. The molecule has 0 saturated heterocycles. The maximum atomic E-state index is 12.0. The second-order valence-corrected chi connectivity index (χ2v) is 3.76. The predicted molar refractivity (Wildman–Crippen MR) is 56.5 cm³/mol. The molecular weight excluding hydrogens is 186 g/mol. The minimum Gasteiger partial charge on any atom is -0.288 e. The predicted octanol–water partition coefficient (Wildman–Crippen LogP) is 1.72. The summed E-state index contributed by atoms with van der Waals surface area (Å²) in [5, 5.41) is 0. The maximum absolute atomic E-state index is 12.0. The van der Waals surface area contributed by atoms with E-state index < -0.39 is 0 Å². The van der Waals surface area contributed by atoms with Gasteiger partial charge in [-0.2, -0.15) is 0 Å². The molecule has 72 valence electrons. The summed E-state index contributed by atoms with van der Waals surface area (Å²) in [5.41, 5.74) is 3.69. The smallest absolute Gasteiger partial charge is 0.224 e. The van der Waals surface area contributed by atoms with Crippen molar-refractivity contribution >= 4 is 5.78 Å². The first-order valence-corrected chi connectivity index (χ1v) is 4.92. The van der Waals surface area contributed by atoms with E-state index in [1.807, 2.05) is 54.2 Å². The molecule has 0 aliphatic heterocycles. The van der Waals surface area contributed by atoms with Crippen LogP contribution in [0.1, 0.15) is 15.9 Å². The van der Waals surface area contributed by atoms with Crippen molar-refractivity contribution in [3.63, 3.8) is 0 Å². The van der Waals surface area contributed by atoms with Gasteiger partial charge in [-0.25, -0.2) is 4.57 Å². The molecule has 0 amide bonds. The molecule has 1 aliphatic rings. The maximum Gasteiger partial charge on any atom is 0.224 e. The zero-order valence-corrected chi connectivity index (χ0v) is 8.40.